The minimum atomic E-state index is 0.209. The molecule has 1 heterocycles. The Hall–Kier alpha value is -1.84. The van der Waals surface area contributed by atoms with Crippen LogP contribution in [0.1, 0.15) is 25.3 Å². The van der Waals surface area contributed by atoms with Crippen molar-refractivity contribution < 1.29 is 5.21 Å². The number of aromatic nitrogens is 2. The highest BCUT2D eigenvalue weighted by Gasteiger charge is 2.46. The monoisotopic (exact) mass is 241 g/mol. The van der Waals surface area contributed by atoms with E-state index in [1.807, 2.05) is 24.5 Å². The number of imidazole rings is 1. The van der Waals surface area contributed by atoms with Crippen molar-refractivity contribution in [2.24, 2.45) is 17.0 Å². The molecule has 4 nitrogen and oxygen atoms in total. The highest BCUT2D eigenvalue weighted by atomic mass is 16.4. The lowest BCUT2D eigenvalue weighted by Crippen LogP contribution is -2.25. The van der Waals surface area contributed by atoms with Crippen LogP contribution < -0.4 is 0 Å². The van der Waals surface area contributed by atoms with Crippen LogP contribution >= 0.6 is 0 Å². The summed E-state index contributed by atoms with van der Waals surface area (Å²) in [6, 6.07) is 8.35. The largest absolute Gasteiger partial charge is 0.411 e. The zero-order valence-corrected chi connectivity index (χ0v) is 10.0. The second kappa shape index (κ2) is 3.57. The van der Waals surface area contributed by atoms with E-state index in [0.717, 1.165) is 23.2 Å². The van der Waals surface area contributed by atoms with E-state index in [1.165, 1.54) is 12.8 Å². The molecule has 2 fully saturated rings. The SMILES string of the molecule is O/N=C1/[C@H]2CC[C@H](C2)[C@@H]1n1cnc2ccccc21. The van der Waals surface area contributed by atoms with Crippen molar-refractivity contribution in [2.75, 3.05) is 0 Å². The van der Waals surface area contributed by atoms with Gasteiger partial charge in [0.05, 0.1) is 29.1 Å². The van der Waals surface area contributed by atoms with Crippen molar-refractivity contribution in [3.05, 3.63) is 30.6 Å². The van der Waals surface area contributed by atoms with Crippen LogP contribution in [0.4, 0.5) is 0 Å². The summed E-state index contributed by atoms with van der Waals surface area (Å²) in [6.45, 7) is 0. The van der Waals surface area contributed by atoms with Gasteiger partial charge in [0.2, 0.25) is 0 Å². The number of benzene rings is 1. The van der Waals surface area contributed by atoms with Crippen LogP contribution in [-0.4, -0.2) is 20.5 Å². The Morgan fingerprint density at radius 1 is 1.28 bits per heavy atom. The van der Waals surface area contributed by atoms with Gasteiger partial charge in [0.25, 0.3) is 0 Å². The van der Waals surface area contributed by atoms with E-state index < -0.39 is 0 Å². The van der Waals surface area contributed by atoms with Gasteiger partial charge in [0, 0.05) is 5.92 Å². The Bertz CT molecular complexity index is 631. The van der Waals surface area contributed by atoms with Crippen LogP contribution in [-0.2, 0) is 0 Å². The lowest BCUT2D eigenvalue weighted by Gasteiger charge is -2.24. The molecule has 18 heavy (non-hydrogen) atoms. The highest BCUT2D eigenvalue weighted by Crippen LogP contribution is 2.49. The summed E-state index contributed by atoms with van der Waals surface area (Å²) < 4.78 is 2.19. The van der Waals surface area contributed by atoms with E-state index in [1.54, 1.807) is 0 Å². The lowest BCUT2D eigenvalue weighted by molar-refractivity contribution is 0.307. The van der Waals surface area contributed by atoms with Crippen molar-refractivity contribution in [3.63, 3.8) is 0 Å². The molecular formula is C14H15N3O. The van der Waals surface area contributed by atoms with Crippen molar-refractivity contribution in [1.29, 1.82) is 0 Å². The van der Waals surface area contributed by atoms with Gasteiger partial charge >= 0.3 is 0 Å². The fourth-order valence-electron chi connectivity index (χ4n) is 3.77. The molecule has 2 bridgehead atoms. The standard InChI is InChI=1S/C14H15N3O/c18-16-13-9-5-6-10(7-9)14(13)17-8-15-11-3-1-2-4-12(11)17/h1-4,8-10,14,18H,5-7H2/b16-13-/t9-,10+,14-/m0/s1. The van der Waals surface area contributed by atoms with Gasteiger partial charge in [-0.3, -0.25) is 0 Å². The van der Waals surface area contributed by atoms with Crippen molar-refractivity contribution in [1.82, 2.24) is 9.55 Å². The second-order valence-electron chi connectivity index (χ2n) is 5.38. The normalized spacial score (nSPS) is 32.7. The van der Waals surface area contributed by atoms with Gasteiger partial charge in [0.1, 0.15) is 0 Å². The van der Waals surface area contributed by atoms with Crippen LogP contribution in [0.3, 0.4) is 0 Å². The number of hydrogen-bond acceptors (Lipinski definition) is 3. The summed E-state index contributed by atoms with van der Waals surface area (Å²) in [6.07, 6.45) is 5.46. The summed E-state index contributed by atoms with van der Waals surface area (Å²) in [7, 11) is 0. The van der Waals surface area contributed by atoms with E-state index in [2.05, 4.69) is 20.8 Å². The average molecular weight is 241 g/mol. The zero-order valence-electron chi connectivity index (χ0n) is 10.0. The van der Waals surface area contributed by atoms with Gasteiger partial charge in [-0.2, -0.15) is 0 Å². The number of para-hydroxylation sites is 2. The molecule has 0 aliphatic heterocycles. The van der Waals surface area contributed by atoms with E-state index in [4.69, 9.17) is 0 Å². The number of fused-ring (bicyclic) bond motifs is 3. The minimum absolute atomic E-state index is 0.209. The molecule has 2 saturated carbocycles. The van der Waals surface area contributed by atoms with Crippen LogP contribution in [0.5, 0.6) is 0 Å². The first-order valence-corrected chi connectivity index (χ1v) is 6.52. The van der Waals surface area contributed by atoms with Gasteiger partial charge < -0.3 is 9.77 Å². The van der Waals surface area contributed by atoms with Crippen LogP contribution in [0.25, 0.3) is 11.0 Å². The molecule has 4 rings (SSSR count). The van der Waals surface area contributed by atoms with Gasteiger partial charge in [-0.1, -0.05) is 17.3 Å². The van der Waals surface area contributed by atoms with E-state index in [-0.39, 0.29) is 6.04 Å². The van der Waals surface area contributed by atoms with Gasteiger partial charge in [-0.25, -0.2) is 4.98 Å². The fourth-order valence-corrected chi connectivity index (χ4v) is 3.77. The zero-order chi connectivity index (χ0) is 12.1. The second-order valence-corrected chi connectivity index (χ2v) is 5.38. The highest BCUT2D eigenvalue weighted by molar-refractivity contribution is 5.94. The Morgan fingerprint density at radius 2 is 2.17 bits per heavy atom. The fraction of sp³-hybridized carbons (Fsp3) is 0.429. The Kier molecular flexibility index (Phi) is 2.01. The van der Waals surface area contributed by atoms with Crippen molar-refractivity contribution in [2.45, 2.75) is 25.3 Å². The molecule has 2 aromatic rings. The third-order valence-electron chi connectivity index (χ3n) is 4.54. The molecule has 1 aromatic carbocycles. The summed E-state index contributed by atoms with van der Waals surface area (Å²) in [5.74, 6) is 1.09. The molecule has 3 atom stereocenters. The smallest absolute Gasteiger partial charge is 0.0964 e. The van der Waals surface area contributed by atoms with Gasteiger partial charge in [-0.05, 0) is 37.3 Å². The molecular weight excluding hydrogens is 226 g/mol. The molecule has 0 unspecified atom stereocenters. The van der Waals surface area contributed by atoms with Crippen LogP contribution in [0.2, 0.25) is 0 Å². The number of hydrogen-bond donors (Lipinski definition) is 1. The minimum Gasteiger partial charge on any atom is -0.411 e. The molecule has 92 valence electrons. The summed E-state index contributed by atoms with van der Waals surface area (Å²) in [5, 5.41) is 12.9. The maximum Gasteiger partial charge on any atom is 0.0964 e. The predicted octanol–water partition coefficient (Wildman–Crippen LogP) is 2.84. The molecule has 1 aromatic heterocycles. The van der Waals surface area contributed by atoms with E-state index in [0.29, 0.717) is 11.8 Å². The maximum absolute atomic E-state index is 9.28. The third-order valence-corrected chi connectivity index (χ3v) is 4.54. The molecule has 2 aliphatic carbocycles. The van der Waals surface area contributed by atoms with Crippen LogP contribution in [0.15, 0.2) is 35.7 Å². The van der Waals surface area contributed by atoms with E-state index in [9.17, 15) is 5.21 Å². The van der Waals surface area contributed by atoms with Gasteiger partial charge in [0.15, 0.2) is 0 Å². The average Bonchev–Trinajstić information content (AvgIpc) is 3.11. The number of rotatable bonds is 1. The quantitative estimate of drug-likeness (QED) is 0.616. The molecule has 0 saturated heterocycles. The number of oxime groups is 1. The van der Waals surface area contributed by atoms with Crippen molar-refractivity contribution >= 4 is 16.7 Å². The Balaban J connectivity index is 1.88. The molecule has 2 aliphatic rings. The summed E-state index contributed by atoms with van der Waals surface area (Å²) in [5.41, 5.74) is 3.10. The Morgan fingerprint density at radius 3 is 3.06 bits per heavy atom. The first-order chi connectivity index (χ1) is 8.88. The first kappa shape index (κ1) is 10.1. The summed E-state index contributed by atoms with van der Waals surface area (Å²) >= 11 is 0. The molecule has 0 amide bonds. The molecule has 0 radical (unpaired) electrons. The van der Waals surface area contributed by atoms with E-state index >= 15 is 0 Å². The third kappa shape index (κ3) is 1.20. The number of nitrogens with zero attached hydrogens (tertiary/aromatic N) is 3. The lowest BCUT2D eigenvalue weighted by atomic mass is 9.93. The molecule has 1 N–H and O–H groups in total. The first-order valence-electron chi connectivity index (χ1n) is 6.52. The molecule has 0 spiro atoms. The van der Waals surface area contributed by atoms with Gasteiger partial charge in [-0.15, -0.1) is 0 Å². The topological polar surface area (TPSA) is 50.4 Å². The maximum atomic E-state index is 9.28. The Labute approximate surface area is 105 Å². The van der Waals surface area contributed by atoms with Crippen molar-refractivity contribution in [3.8, 4) is 0 Å². The summed E-state index contributed by atoms with van der Waals surface area (Å²) in [4.78, 5) is 4.44. The molecule has 4 heteroatoms. The van der Waals surface area contributed by atoms with Crippen LogP contribution in [0, 0.1) is 11.8 Å². The predicted molar refractivity (Wildman–Crippen MR) is 68.8 cm³/mol.